The third-order valence-corrected chi connectivity index (χ3v) is 11.1. The molecule has 11 heteroatoms. The molecule has 1 atom stereocenters. The monoisotopic (exact) mass is 717 g/mol. The summed E-state index contributed by atoms with van der Waals surface area (Å²) in [5, 5.41) is 3.76. The predicted molar refractivity (Wildman–Crippen MR) is 196 cm³/mol. The lowest BCUT2D eigenvalue weighted by molar-refractivity contribution is -0.140. The number of aryl methyl sites for hydroxylation is 1. The first-order valence-corrected chi connectivity index (χ1v) is 18.6. The van der Waals surface area contributed by atoms with Gasteiger partial charge in [-0.15, -0.1) is 0 Å². The molecule has 0 radical (unpaired) electrons. The van der Waals surface area contributed by atoms with Gasteiger partial charge in [-0.1, -0.05) is 91.0 Å². The maximum Gasteiger partial charge on any atom is 0.264 e. The second-order valence-corrected chi connectivity index (χ2v) is 14.9. The molecule has 0 saturated heterocycles. The van der Waals surface area contributed by atoms with Crippen molar-refractivity contribution in [3.63, 3.8) is 0 Å². The van der Waals surface area contributed by atoms with Gasteiger partial charge >= 0.3 is 0 Å². The highest BCUT2D eigenvalue weighted by atomic mass is 35.5. The first-order valence-electron chi connectivity index (χ1n) is 16.8. The van der Waals surface area contributed by atoms with E-state index in [0.29, 0.717) is 10.8 Å². The Balaban J connectivity index is 1.61. The van der Waals surface area contributed by atoms with Crippen LogP contribution in [-0.2, 0) is 32.6 Å². The van der Waals surface area contributed by atoms with Crippen molar-refractivity contribution in [1.29, 1.82) is 0 Å². The number of amides is 2. The van der Waals surface area contributed by atoms with Crippen molar-refractivity contribution in [2.24, 2.45) is 0 Å². The zero-order chi connectivity index (χ0) is 35.7. The van der Waals surface area contributed by atoms with Crippen molar-refractivity contribution in [3.8, 4) is 11.5 Å². The quantitative estimate of drug-likeness (QED) is 0.151. The van der Waals surface area contributed by atoms with Crippen LogP contribution in [-0.4, -0.2) is 58.0 Å². The number of hydrogen-bond donors (Lipinski definition) is 1. The lowest BCUT2D eigenvalue weighted by atomic mass is 9.94. The Hall–Kier alpha value is -4.54. The van der Waals surface area contributed by atoms with E-state index in [1.165, 1.54) is 37.3 Å². The Morgan fingerprint density at radius 1 is 0.860 bits per heavy atom. The van der Waals surface area contributed by atoms with E-state index < -0.39 is 28.5 Å². The van der Waals surface area contributed by atoms with Crippen molar-refractivity contribution < 1.29 is 27.5 Å². The van der Waals surface area contributed by atoms with Gasteiger partial charge in [0, 0.05) is 30.1 Å². The number of carbonyl (C=O) groups excluding carboxylic acids is 2. The number of halogens is 1. The molecule has 50 heavy (non-hydrogen) atoms. The van der Waals surface area contributed by atoms with Crippen LogP contribution in [0.5, 0.6) is 11.5 Å². The number of nitrogens with zero attached hydrogens (tertiary/aromatic N) is 2. The summed E-state index contributed by atoms with van der Waals surface area (Å²) in [5.74, 6) is -0.242. The average molecular weight is 718 g/mol. The van der Waals surface area contributed by atoms with Gasteiger partial charge in [-0.2, -0.15) is 0 Å². The molecule has 4 aromatic rings. The number of hydrogen-bond acceptors (Lipinski definition) is 6. The van der Waals surface area contributed by atoms with Crippen LogP contribution in [0.25, 0.3) is 0 Å². The van der Waals surface area contributed by atoms with Gasteiger partial charge in [-0.3, -0.25) is 13.9 Å². The van der Waals surface area contributed by atoms with E-state index in [1.54, 1.807) is 48.5 Å². The zero-order valence-corrected chi connectivity index (χ0v) is 30.3. The Bertz CT molecular complexity index is 1850. The van der Waals surface area contributed by atoms with Gasteiger partial charge in [-0.05, 0) is 67.3 Å². The van der Waals surface area contributed by atoms with Crippen molar-refractivity contribution >= 4 is 39.1 Å². The van der Waals surface area contributed by atoms with Crippen molar-refractivity contribution in [2.75, 3.05) is 25.1 Å². The van der Waals surface area contributed by atoms with Crippen LogP contribution < -0.4 is 19.1 Å². The molecule has 2 amide bonds. The number of ether oxygens (including phenoxy) is 2. The van der Waals surface area contributed by atoms with Gasteiger partial charge in [0.2, 0.25) is 11.8 Å². The molecule has 1 saturated carbocycles. The van der Waals surface area contributed by atoms with E-state index in [1.807, 2.05) is 37.3 Å². The number of carbonyl (C=O) groups is 2. The van der Waals surface area contributed by atoms with Crippen molar-refractivity contribution in [2.45, 2.75) is 69.0 Å². The number of benzene rings is 4. The fourth-order valence-corrected chi connectivity index (χ4v) is 7.77. The molecule has 1 N–H and O–H groups in total. The summed E-state index contributed by atoms with van der Waals surface area (Å²) in [6.07, 6.45) is 5.14. The summed E-state index contributed by atoms with van der Waals surface area (Å²) in [4.78, 5) is 30.6. The first-order chi connectivity index (χ1) is 24.1. The summed E-state index contributed by atoms with van der Waals surface area (Å²) in [7, 11) is -1.42. The summed E-state index contributed by atoms with van der Waals surface area (Å²) >= 11 is 6.21. The summed E-state index contributed by atoms with van der Waals surface area (Å²) < 4.78 is 41.1. The second-order valence-electron chi connectivity index (χ2n) is 12.6. The number of sulfonamides is 1. The lowest BCUT2D eigenvalue weighted by Crippen LogP contribution is -2.55. The van der Waals surface area contributed by atoms with Gasteiger partial charge in [0.15, 0.2) is 0 Å². The van der Waals surface area contributed by atoms with E-state index in [4.69, 9.17) is 21.1 Å². The van der Waals surface area contributed by atoms with E-state index >= 15 is 0 Å². The molecule has 0 aromatic heterocycles. The van der Waals surface area contributed by atoms with E-state index in [9.17, 15) is 18.0 Å². The zero-order valence-electron chi connectivity index (χ0n) is 28.7. The summed E-state index contributed by atoms with van der Waals surface area (Å²) in [6.45, 7) is 1.29. The van der Waals surface area contributed by atoms with E-state index in [0.717, 1.165) is 53.1 Å². The molecule has 4 aromatic carbocycles. The lowest BCUT2D eigenvalue weighted by Gasteiger charge is -2.35. The molecular weight excluding hydrogens is 674 g/mol. The molecule has 1 unspecified atom stereocenters. The average Bonchev–Trinajstić information content (AvgIpc) is 3.13. The summed E-state index contributed by atoms with van der Waals surface area (Å²) in [5.41, 5.74) is 2.60. The minimum Gasteiger partial charge on any atom is -0.497 e. The molecule has 0 bridgehead atoms. The van der Waals surface area contributed by atoms with Crippen LogP contribution in [0.4, 0.5) is 5.69 Å². The minimum absolute atomic E-state index is 0.000835. The second kappa shape index (κ2) is 16.9. The molecule has 1 fully saturated rings. The minimum atomic E-state index is -4.33. The fraction of sp³-hybridized carbons (Fsp3) is 0.333. The highest BCUT2D eigenvalue weighted by molar-refractivity contribution is 7.92. The maximum absolute atomic E-state index is 14.9. The molecule has 0 heterocycles. The molecule has 1 aliphatic rings. The van der Waals surface area contributed by atoms with Gasteiger partial charge in [0.25, 0.3) is 10.0 Å². The SMILES string of the molecule is COc1ccc(OC)c(N(CC(=O)N(Cc2ccc(Cl)cc2)C(Cc2ccccc2)C(=O)NC2CCCCC2)S(=O)(=O)c2ccc(C)cc2)c1. The van der Waals surface area contributed by atoms with Crippen LogP contribution in [0.1, 0.15) is 48.8 Å². The standard InChI is InChI=1S/C39H44ClN3O6S/c1-28-14-21-34(22-15-28)50(46,47)43(35-25-33(48-2)20-23-37(35)49-3)27-38(44)42(26-30-16-18-31(40)19-17-30)36(24-29-10-6-4-7-11-29)39(45)41-32-12-8-5-9-13-32/h4,6-7,10-11,14-23,25,32,36H,5,8-9,12-13,24,26-27H2,1-3H3,(H,41,45). The van der Waals surface area contributed by atoms with Crippen LogP contribution in [0.2, 0.25) is 5.02 Å². The van der Waals surface area contributed by atoms with E-state index in [-0.39, 0.29) is 41.2 Å². The molecule has 1 aliphatic carbocycles. The fourth-order valence-electron chi connectivity index (χ4n) is 6.23. The van der Waals surface area contributed by atoms with Crippen LogP contribution >= 0.6 is 11.6 Å². The first kappa shape index (κ1) is 36.7. The Morgan fingerprint density at radius 2 is 1.54 bits per heavy atom. The Labute approximate surface area is 300 Å². The van der Waals surface area contributed by atoms with Gasteiger partial charge in [0.1, 0.15) is 24.1 Å². The highest BCUT2D eigenvalue weighted by Crippen LogP contribution is 2.36. The van der Waals surface area contributed by atoms with Crippen molar-refractivity contribution in [3.05, 3.63) is 119 Å². The van der Waals surface area contributed by atoms with Crippen molar-refractivity contribution in [1.82, 2.24) is 10.2 Å². The third kappa shape index (κ3) is 9.17. The van der Waals surface area contributed by atoms with E-state index in [2.05, 4.69) is 5.32 Å². The molecule has 0 spiro atoms. The topological polar surface area (TPSA) is 105 Å². The predicted octanol–water partition coefficient (Wildman–Crippen LogP) is 6.95. The van der Waals surface area contributed by atoms with Gasteiger partial charge in [-0.25, -0.2) is 8.42 Å². The molecule has 9 nitrogen and oxygen atoms in total. The van der Waals surface area contributed by atoms with Gasteiger partial charge in [0.05, 0.1) is 24.8 Å². The van der Waals surface area contributed by atoms with Crippen LogP contribution in [0.3, 0.4) is 0 Å². The number of nitrogens with one attached hydrogen (secondary N) is 1. The normalized spacial score (nSPS) is 14.0. The number of rotatable bonds is 14. The molecule has 0 aliphatic heterocycles. The molecular formula is C39H44ClN3O6S. The molecule has 5 rings (SSSR count). The highest BCUT2D eigenvalue weighted by Gasteiger charge is 2.36. The maximum atomic E-state index is 14.9. The van der Waals surface area contributed by atoms with Gasteiger partial charge < -0.3 is 19.7 Å². The number of methoxy groups -OCH3 is 2. The smallest absolute Gasteiger partial charge is 0.264 e. The van der Waals surface area contributed by atoms with Crippen LogP contribution in [0.15, 0.2) is 102 Å². The Kier molecular flexibility index (Phi) is 12.4. The Morgan fingerprint density at radius 3 is 2.18 bits per heavy atom. The number of anilines is 1. The molecule has 264 valence electrons. The summed E-state index contributed by atoms with van der Waals surface area (Å²) in [6, 6.07) is 26.8. The largest absolute Gasteiger partial charge is 0.497 e. The third-order valence-electron chi connectivity index (χ3n) is 9.03. The van der Waals surface area contributed by atoms with Crippen LogP contribution in [0, 0.1) is 6.92 Å².